The molecule has 0 saturated carbocycles. The first-order chi connectivity index (χ1) is 19.5. The minimum absolute atomic E-state index is 0.00748. The molecule has 4 aromatic rings. The number of Topliss-reactive ketones (excluding diaryl/α,β-unsaturated/α-hetero) is 1. The van der Waals surface area contributed by atoms with Crippen LogP contribution in [0.5, 0.6) is 0 Å². The predicted octanol–water partition coefficient (Wildman–Crippen LogP) is 4.72. The maximum Gasteiger partial charge on any atom is 0.433 e. The van der Waals surface area contributed by atoms with Crippen LogP contribution < -0.4 is 0 Å². The monoisotopic (exact) mass is 583 g/mol. The molecule has 0 spiro atoms. The molecule has 1 aliphatic carbocycles. The molecule has 41 heavy (non-hydrogen) atoms. The van der Waals surface area contributed by atoms with Crippen LogP contribution in [-0.4, -0.2) is 51.3 Å². The quantitative estimate of drug-likeness (QED) is 0.249. The Morgan fingerprint density at radius 3 is 2.41 bits per heavy atom. The summed E-state index contributed by atoms with van der Waals surface area (Å²) in [4.78, 5) is 21.2. The first-order valence-electron chi connectivity index (χ1n) is 12.5. The molecule has 6 rings (SSSR count). The van der Waals surface area contributed by atoms with Gasteiger partial charge in [0.05, 0.1) is 23.0 Å². The summed E-state index contributed by atoms with van der Waals surface area (Å²) in [6.07, 6.45) is 1.14. The lowest BCUT2D eigenvalue weighted by atomic mass is 9.65. The van der Waals surface area contributed by atoms with Gasteiger partial charge < -0.3 is 0 Å². The molecule has 0 amide bonds. The number of fused-ring (bicyclic) bond motifs is 2. The summed E-state index contributed by atoms with van der Waals surface area (Å²) in [5.74, 6) is -0.778. The van der Waals surface area contributed by atoms with E-state index in [0.717, 1.165) is 10.4 Å². The molecule has 4 heterocycles. The van der Waals surface area contributed by atoms with E-state index in [-0.39, 0.29) is 37.4 Å². The van der Waals surface area contributed by atoms with E-state index in [1.54, 1.807) is 41.2 Å². The Kier molecular flexibility index (Phi) is 6.38. The molecule has 0 radical (unpaired) electrons. The van der Waals surface area contributed by atoms with Gasteiger partial charge in [0.15, 0.2) is 5.78 Å². The lowest BCUT2D eigenvalue weighted by Crippen LogP contribution is -2.53. The van der Waals surface area contributed by atoms with Gasteiger partial charge in [-0.1, -0.05) is 11.6 Å². The van der Waals surface area contributed by atoms with Crippen molar-refractivity contribution in [2.45, 2.75) is 23.9 Å². The highest BCUT2D eigenvalue weighted by atomic mass is 32.2. The van der Waals surface area contributed by atoms with Crippen LogP contribution in [0.1, 0.15) is 33.9 Å². The third kappa shape index (κ3) is 4.64. The molecule has 3 aromatic heterocycles. The van der Waals surface area contributed by atoms with E-state index >= 15 is 0 Å². The van der Waals surface area contributed by atoms with Gasteiger partial charge in [-0.05, 0) is 73.0 Å². The van der Waals surface area contributed by atoms with Gasteiger partial charge in [-0.2, -0.15) is 22.6 Å². The second-order valence-electron chi connectivity index (χ2n) is 9.88. The first kappa shape index (κ1) is 27.0. The molecular weight excluding hydrogens is 562 g/mol. The van der Waals surface area contributed by atoms with Crippen molar-refractivity contribution in [3.8, 4) is 5.69 Å². The van der Waals surface area contributed by atoms with Crippen LogP contribution in [0.4, 0.5) is 17.6 Å². The number of carbonyl (C=O) groups is 1. The van der Waals surface area contributed by atoms with Crippen molar-refractivity contribution in [1.82, 2.24) is 24.1 Å². The number of ketones is 1. The summed E-state index contributed by atoms with van der Waals surface area (Å²) in [5.41, 5.74) is 0.285. The molecule has 0 unspecified atom stereocenters. The predicted molar refractivity (Wildman–Crippen MR) is 139 cm³/mol. The number of hydrogen-bond donors (Lipinski definition) is 0. The molecule has 2 aliphatic rings. The summed E-state index contributed by atoms with van der Waals surface area (Å²) >= 11 is 0. The molecule has 1 aromatic carbocycles. The fourth-order valence-corrected chi connectivity index (χ4v) is 6.85. The highest BCUT2D eigenvalue weighted by molar-refractivity contribution is 7.89. The number of nitrogens with zero attached hydrogens (tertiary/aromatic N) is 5. The van der Waals surface area contributed by atoms with Crippen molar-refractivity contribution in [2.24, 2.45) is 5.41 Å². The van der Waals surface area contributed by atoms with Crippen LogP contribution in [0.15, 0.2) is 83.7 Å². The Labute approximate surface area is 232 Å². The third-order valence-corrected chi connectivity index (χ3v) is 9.28. The van der Waals surface area contributed by atoms with Crippen molar-refractivity contribution in [3.63, 3.8) is 0 Å². The SMILES string of the molecule is O=C(c1ccccn1)[C@@]12Cc3cnn(-c4ccc(F)cc4)c3C=C1CCN(S(=O)(=O)c1ccc(C(F)(F)F)nc1)C2. The molecule has 1 atom stereocenters. The average molecular weight is 584 g/mol. The summed E-state index contributed by atoms with van der Waals surface area (Å²) in [6.45, 7) is -0.259. The van der Waals surface area contributed by atoms with Gasteiger partial charge in [-0.25, -0.2) is 17.5 Å². The summed E-state index contributed by atoms with van der Waals surface area (Å²) in [5, 5.41) is 4.45. The van der Waals surface area contributed by atoms with E-state index in [1.165, 1.54) is 18.3 Å². The zero-order valence-corrected chi connectivity index (χ0v) is 22.0. The largest absolute Gasteiger partial charge is 0.433 e. The molecule has 0 bridgehead atoms. The summed E-state index contributed by atoms with van der Waals surface area (Å²) in [6, 6.07) is 12.1. The van der Waals surface area contributed by atoms with E-state index in [2.05, 4.69) is 15.1 Å². The Bertz CT molecular complexity index is 1770. The topological polar surface area (TPSA) is 98.0 Å². The van der Waals surface area contributed by atoms with Gasteiger partial charge >= 0.3 is 6.18 Å². The summed E-state index contributed by atoms with van der Waals surface area (Å²) in [7, 11) is -4.30. The molecule has 1 fully saturated rings. The molecule has 1 saturated heterocycles. The van der Waals surface area contributed by atoms with Crippen LogP contribution >= 0.6 is 0 Å². The van der Waals surface area contributed by atoms with Crippen molar-refractivity contribution in [2.75, 3.05) is 13.1 Å². The van der Waals surface area contributed by atoms with Crippen molar-refractivity contribution < 1.29 is 30.8 Å². The standard InChI is InChI=1S/C28H21F4N5O3S/c29-20-4-6-21(7-5-20)37-24-13-19-10-12-36(41(39,40)22-8-9-25(34-16-22)28(30,31)32)17-27(19,14-18(24)15-35-37)26(38)23-3-1-2-11-33-23/h1-9,11,13,15-16H,10,12,14,17H2/t27-/m1/s1. The minimum Gasteiger partial charge on any atom is -0.291 e. The van der Waals surface area contributed by atoms with Gasteiger partial charge in [-0.15, -0.1) is 0 Å². The Balaban J connectivity index is 1.41. The van der Waals surface area contributed by atoms with Crippen LogP contribution in [-0.2, 0) is 22.6 Å². The van der Waals surface area contributed by atoms with Gasteiger partial charge in [0.1, 0.15) is 22.1 Å². The zero-order chi connectivity index (χ0) is 29.0. The Morgan fingerprint density at radius 2 is 1.76 bits per heavy atom. The molecule has 0 N–H and O–H groups in total. The maximum absolute atomic E-state index is 14.1. The lowest BCUT2D eigenvalue weighted by Gasteiger charge is -2.44. The van der Waals surface area contributed by atoms with Crippen molar-refractivity contribution >= 4 is 21.9 Å². The number of sulfonamides is 1. The van der Waals surface area contributed by atoms with Gasteiger partial charge in [0, 0.05) is 25.5 Å². The van der Waals surface area contributed by atoms with Crippen LogP contribution in [0.2, 0.25) is 0 Å². The van der Waals surface area contributed by atoms with E-state index in [4.69, 9.17) is 0 Å². The highest BCUT2D eigenvalue weighted by Crippen LogP contribution is 2.47. The van der Waals surface area contributed by atoms with Crippen LogP contribution in [0.3, 0.4) is 0 Å². The summed E-state index contributed by atoms with van der Waals surface area (Å²) < 4.78 is 82.5. The van der Waals surface area contributed by atoms with Gasteiger partial charge in [0.25, 0.3) is 0 Å². The number of rotatable bonds is 5. The number of halogens is 4. The second kappa shape index (κ2) is 9.70. The smallest absolute Gasteiger partial charge is 0.291 e. The first-order valence-corrected chi connectivity index (χ1v) is 14.0. The minimum atomic E-state index is -4.72. The van der Waals surface area contributed by atoms with Crippen LogP contribution in [0.25, 0.3) is 11.8 Å². The molecular formula is C28H21F4N5O3S. The Hall–Kier alpha value is -4.23. The second-order valence-corrected chi connectivity index (χ2v) is 11.8. The van der Waals surface area contributed by atoms with Crippen LogP contribution in [0, 0.1) is 11.2 Å². The third-order valence-electron chi connectivity index (χ3n) is 7.45. The molecule has 210 valence electrons. The number of carbonyl (C=O) groups excluding carboxylic acids is 1. The maximum atomic E-state index is 14.1. The number of aromatic nitrogens is 4. The molecule has 13 heteroatoms. The normalized spacial score (nSPS) is 19.3. The Morgan fingerprint density at radius 1 is 0.976 bits per heavy atom. The fraction of sp³-hybridized carbons (Fsp3) is 0.214. The molecule has 1 aliphatic heterocycles. The van der Waals surface area contributed by atoms with E-state index < -0.39 is 38.0 Å². The van der Waals surface area contributed by atoms with E-state index in [1.807, 2.05) is 6.08 Å². The van der Waals surface area contributed by atoms with E-state index in [9.17, 15) is 30.8 Å². The zero-order valence-electron chi connectivity index (χ0n) is 21.2. The fourth-order valence-electron chi connectivity index (χ4n) is 5.40. The van der Waals surface area contributed by atoms with Gasteiger partial charge in [0.2, 0.25) is 10.0 Å². The average Bonchev–Trinajstić information content (AvgIpc) is 3.37. The highest BCUT2D eigenvalue weighted by Gasteiger charge is 2.51. The van der Waals surface area contributed by atoms with E-state index in [0.29, 0.717) is 34.8 Å². The number of hydrogen-bond acceptors (Lipinski definition) is 6. The number of piperidine rings is 1. The van der Waals surface area contributed by atoms with Crippen molar-refractivity contribution in [3.05, 3.63) is 107 Å². The van der Waals surface area contributed by atoms with Gasteiger partial charge in [-0.3, -0.25) is 14.8 Å². The number of benzene rings is 1. The number of pyridine rings is 2. The van der Waals surface area contributed by atoms with Crippen molar-refractivity contribution in [1.29, 1.82) is 0 Å². The molecule has 8 nitrogen and oxygen atoms in total. The number of alkyl halides is 3. The lowest BCUT2D eigenvalue weighted by molar-refractivity contribution is -0.141.